The van der Waals surface area contributed by atoms with E-state index in [4.69, 9.17) is 4.74 Å². The molecular weight excluding hydrogens is 296 g/mol. The number of anilines is 1. The summed E-state index contributed by atoms with van der Waals surface area (Å²) in [5.41, 5.74) is 1.90. The van der Waals surface area contributed by atoms with Gasteiger partial charge in [0.1, 0.15) is 12.1 Å². The Morgan fingerprint density at radius 1 is 1.30 bits per heavy atom. The first kappa shape index (κ1) is 16.7. The van der Waals surface area contributed by atoms with Crippen LogP contribution >= 0.6 is 0 Å². The van der Waals surface area contributed by atoms with E-state index in [2.05, 4.69) is 15.3 Å². The maximum absolute atomic E-state index is 11.4. The fourth-order valence-corrected chi connectivity index (χ4v) is 1.93. The third-order valence-electron chi connectivity index (χ3n) is 3.66. The van der Waals surface area contributed by atoms with Gasteiger partial charge in [-0.15, -0.1) is 0 Å². The van der Waals surface area contributed by atoms with E-state index >= 15 is 0 Å². The molecule has 0 fully saturated rings. The van der Waals surface area contributed by atoms with Gasteiger partial charge in [-0.25, -0.2) is 4.98 Å². The van der Waals surface area contributed by atoms with Gasteiger partial charge in [-0.1, -0.05) is 13.0 Å². The van der Waals surface area contributed by atoms with E-state index in [0.29, 0.717) is 5.75 Å². The van der Waals surface area contributed by atoms with E-state index in [-0.39, 0.29) is 23.4 Å². The zero-order chi connectivity index (χ0) is 17.0. The van der Waals surface area contributed by atoms with Gasteiger partial charge in [0.05, 0.1) is 4.92 Å². The Labute approximate surface area is 134 Å². The Balaban J connectivity index is 2.39. The van der Waals surface area contributed by atoms with Crippen molar-refractivity contribution in [3.05, 3.63) is 45.8 Å². The van der Waals surface area contributed by atoms with Crippen LogP contribution in [0.3, 0.4) is 0 Å². The summed E-state index contributed by atoms with van der Waals surface area (Å²) in [6.07, 6.45) is 2.07. The van der Waals surface area contributed by atoms with Gasteiger partial charge in [0, 0.05) is 6.04 Å². The Bertz CT molecular complexity index is 718. The summed E-state index contributed by atoms with van der Waals surface area (Å²) in [6.45, 7) is 7.85. The van der Waals surface area contributed by atoms with Crippen molar-refractivity contribution >= 4 is 11.5 Å². The standard InChI is InChI=1S/C16H20N4O3/c1-5-12(4)19-15-14(20(21)22)16(18-9-17-15)23-13-7-6-10(2)11(3)8-13/h6-9,12H,5H2,1-4H3,(H,17,18,19). The van der Waals surface area contributed by atoms with Crippen LogP contribution in [-0.4, -0.2) is 20.9 Å². The van der Waals surface area contributed by atoms with Gasteiger partial charge in [0.2, 0.25) is 5.82 Å². The van der Waals surface area contributed by atoms with Crippen LogP contribution in [0.5, 0.6) is 11.6 Å². The molecule has 1 unspecified atom stereocenters. The Kier molecular flexibility index (Phi) is 5.10. The zero-order valence-corrected chi connectivity index (χ0v) is 13.7. The molecule has 0 aliphatic rings. The molecule has 2 rings (SSSR count). The van der Waals surface area contributed by atoms with E-state index in [1.54, 1.807) is 6.07 Å². The minimum Gasteiger partial charge on any atom is -0.434 e. The Morgan fingerprint density at radius 2 is 2.04 bits per heavy atom. The predicted molar refractivity (Wildman–Crippen MR) is 88.1 cm³/mol. The highest BCUT2D eigenvalue weighted by molar-refractivity contribution is 5.62. The first-order chi connectivity index (χ1) is 10.9. The van der Waals surface area contributed by atoms with Crippen LogP contribution < -0.4 is 10.1 Å². The van der Waals surface area contributed by atoms with Crippen LogP contribution in [0.4, 0.5) is 11.5 Å². The highest BCUT2D eigenvalue weighted by Crippen LogP contribution is 2.34. The zero-order valence-electron chi connectivity index (χ0n) is 13.7. The smallest absolute Gasteiger partial charge is 0.373 e. The van der Waals surface area contributed by atoms with Gasteiger partial charge < -0.3 is 10.1 Å². The van der Waals surface area contributed by atoms with Crippen molar-refractivity contribution in [1.82, 2.24) is 9.97 Å². The number of hydrogen-bond donors (Lipinski definition) is 1. The SMILES string of the molecule is CCC(C)Nc1ncnc(Oc2ccc(C)c(C)c2)c1[N+](=O)[O-]. The maximum atomic E-state index is 11.4. The second kappa shape index (κ2) is 7.04. The molecule has 1 aromatic carbocycles. The number of benzene rings is 1. The Hall–Kier alpha value is -2.70. The third kappa shape index (κ3) is 3.94. The molecule has 23 heavy (non-hydrogen) atoms. The largest absolute Gasteiger partial charge is 0.434 e. The summed E-state index contributed by atoms with van der Waals surface area (Å²) < 4.78 is 5.63. The number of nitro groups is 1. The molecule has 0 bridgehead atoms. The van der Waals surface area contributed by atoms with Crippen molar-refractivity contribution in [2.75, 3.05) is 5.32 Å². The lowest BCUT2D eigenvalue weighted by atomic mass is 10.1. The molecule has 2 aromatic rings. The highest BCUT2D eigenvalue weighted by atomic mass is 16.6. The molecular formula is C16H20N4O3. The van der Waals surface area contributed by atoms with Crippen LogP contribution in [0.25, 0.3) is 0 Å². The summed E-state index contributed by atoms with van der Waals surface area (Å²) in [4.78, 5) is 18.8. The number of ether oxygens (including phenoxy) is 1. The van der Waals surface area contributed by atoms with Gasteiger partial charge in [0.15, 0.2) is 0 Å². The quantitative estimate of drug-likeness (QED) is 0.639. The third-order valence-corrected chi connectivity index (χ3v) is 3.66. The van der Waals surface area contributed by atoms with Gasteiger partial charge in [0.25, 0.3) is 0 Å². The first-order valence-corrected chi connectivity index (χ1v) is 7.43. The van der Waals surface area contributed by atoms with Crippen LogP contribution in [0.15, 0.2) is 24.5 Å². The van der Waals surface area contributed by atoms with Crippen molar-refractivity contribution in [3.8, 4) is 11.6 Å². The molecule has 0 amide bonds. The van der Waals surface area contributed by atoms with Crippen molar-refractivity contribution < 1.29 is 9.66 Å². The average Bonchev–Trinajstić information content (AvgIpc) is 2.50. The number of nitrogens with zero attached hydrogens (tertiary/aromatic N) is 3. The normalized spacial score (nSPS) is 11.8. The fourth-order valence-electron chi connectivity index (χ4n) is 1.93. The Morgan fingerprint density at radius 3 is 2.65 bits per heavy atom. The van der Waals surface area contributed by atoms with Crippen LogP contribution in [0, 0.1) is 24.0 Å². The molecule has 1 aromatic heterocycles. The van der Waals surface area contributed by atoms with Crippen molar-refractivity contribution in [3.63, 3.8) is 0 Å². The molecule has 0 radical (unpaired) electrons. The number of aromatic nitrogens is 2. The molecule has 0 saturated heterocycles. The van der Waals surface area contributed by atoms with E-state index in [1.807, 2.05) is 39.8 Å². The maximum Gasteiger partial charge on any atom is 0.373 e. The lowest BCUT2D eigenvalue weighted by Gasteiger charge is -2.13. The van der Waals surface area contributed by atoms with E-state index < -0.39 is 4.92 Å². The monoisotopic (exact) mass is 316 g/mol. The van der Waals surface area contributed by atoms with Gasteiger partial charge in [-0.05, 0) is 50.5 Å². The van der Waals surface area contributed by atoms with Crippen molar-refractivity contribution in [2.24, 2.45) is 0 Å². The minimum atomic E-state index is -0.527. The molecule has 1 atom stereocenters. The van der Waals surface area contributed by atoms with E-state index in [9.17, 15) is 10.1 Å². The molecule has 0 saturated carbocycles. The summed E-state index contributed by atoms with van der Waals surface area (Å²) in [5, 5.41) is 14.4. The van der Waals surface area contributed by atoms with Crippen molar-refractivity contribution in [1.29, 1.82) is 0 Å². The minimum absolute atomic E-state index is 0.0538. The summed E-state index contributed by atoms with van der Waals surface area (Å²) >= 11 is 0. The lowest BCUT2D eigenvalue weighted by Crippen LogP contribution is -2.16. The van der Waals surface area contributed by atoms with Crippen LogP contribution in [0.1, 0.15) is 31.4 Å². The highest BCUT2D eigenvalue weighted by Gasteiger charge is 2.25. The summed E-state index contributed by atoms with van der Waals surface area (Å²) in [5.74, 6) is 0.599. The second-order valence-corrected chi connectivity index (χ2v) is 5.43. The molecule has 0 aliphatic heterocycles. The molecule has 122 valence electrons. The fraction of sp³-hybridized carbons (Fsp3) is 0.375. The summed E-state index contributed by atoms with van der Waals surface area (Å²) in [7, 11) is 0. The molecule has 7 heteroatoms. The number of hydrogen-bond acceptors (Lipinski definition) is 6. The molecule has 7 nitrogen and oxygen atoms in total. The molecule has 0 aliphatic carbocycles. The second-order valence-electron chi connectivity index (χ2n) is 5.43. The number of nitrogens with one attached hydrogen (secondary N) is 1. The average molecular weight is 316 g/mol. The molecule has 1 heterocycles. The van der Waals surface area contributed by atoms with Crippen LogP contribution in [-0.2, 0) is 0 Å². The first-order valence-electron chi connectivity index (χ1n) is 7.43. The lowest BCUT2D eigenvalue weighted by molar-refractivity contribution is -0.385. The topological polar surface area (TPSA) is 90.2 Å². The van der Waals surface area contributed by atoms with Gasteiger partial charge in [-0.2, -0.15) is 4.98 Å². The van der Waals surface area contributed by atoms with Gasteiger partial charge >= 0.3 is 11.6 Å². The summed E-state index contributed by atoms with van der Waals surface area (Å²) in [6, 6.07) is 5.53. The number of rotatable bonds is 6. The molecule has 0 spiro atoms. The van der Waals surface area contributed by atoms with Crippen LogP contribution in [0.2, 0.25) is 0 Å². The van der Waals surface area contributed by atoms with Gasteiger partial charge in [-0.3, -0.25) is 10.1 Å². The number of aryl methyl sites for hydroxylation is 2. The van der Waals surface area contributed by atoms with E-state index in [0.717, 1.165) is 17.5 Å². The van der Waals surface area contributed by atoms with Crippen molar-refractivity contribution in [2.45, 2.75) is 40.2 Å². The molecule has 1 N–H and O–H groups in total. The predicted octanol–water partition coefficient (Wildman–Crippen LogP) is 4.00. The van der Waals surface area contributed by atoms with E-state index in [1.165, 1.54) is 6.33 Å².